The molecular weight excluding hydrogens is 905 g/mol. The molecule has 0 aromatic rings. The van der Waals surface area contributed by atoms with Crippen LogP contribution in [0.25, 0.3) is 0 Å². The molecule has 0 aromatic carbocycles. The highest BCUT2D eigenvalue weighted by atomic mass is 16.6. The highest BCUT2D eigenvalue weighted by Crippen LogP contribution is 2.10. The highest BCUT2D eigenvalue weighted by Gasteiger charge is 2.24. The molecule has 1 fully saturated rings. The Morgan fingerprint density at radius 2 is 0.944 bits per heavy atom. The SMILES string of the molecule is CC.CCC(=O)O.CCCCCCCCOC.CCCCCCCCOC(=O)CC.CCCCCCCCOC(=O)CC(C)CC.CCCCCCCCOC(=O)CN(CC=O)CC(=O)O[C@@H]1CC[NH2+]C1. The van der Waals surface area contributed by atoms with Gasteiger partial charge in [0, 0.05) is 39.4 Å². The van der Waals surface area contributed by atoms with Gasteiger partial charge in [0.15, 0.2) is 6.10 Å². The third-order valence-electron chi connectivity index (χ3n) is 11.2. The fraction of sp³-hybridized carbons (Fsp3) is 0.895. The summed E-state index contributed by atoms with van der Waals surface area (Å²) in [6.07, 6.45) is 33.5. The number of nitrogens with two attached hydrogens (primary N) is 1. The Hall–Kier alpha value is -3.10. The predicted molar refractivity (Wildman–Crippen MR) is 291 cm³/mol. The Morgan fingerprint density at radius 1 is 0.563 bits per heavy atom. The summed E-state index contributed by atoms with van der Waals surface area (Å²) in [6, 6.07) is 0. The van der Waals surface area contributed by atoms with Gasteiger partial charge in [-0.3, -0.25) is 28.9 Å². The number of unbranched alkanes of at least 4 members (excludes halogenated alkanes) is 20. The first kappa shape index (κ1) is 76.8. The van der Waals surface area contributed by atoms with Gasteiger partial charge < -0.3 is 38.9 Å². The molecule has 2 atom stereocenters. The Bertz CT molecular complexity index is 1130. The number of nitrogens with zero attached hydrogens (tertiary/aromatic N) is 1. The maximum Gasteiger partial charge on any atom is 0.320 e. The van der Waals surface area contributed by atoms with Crippen LogP contribution in [-0.2, 0) is 52.5 Å². The Morgan fingerprint density at radius 3 is 1.30 bits per heavy atom. The van der Waals surface area contributed by atoms with Gasteiger partial charge >= 0.3 is 29.8 Å². The predicted octanol–water partition coefficient (Wildman–Crippen LogP) is 12.4. The molecule has 14 nitrogen and oxygen atoms in total. The van der Waals surface area contributed by atoms with Crippen molar-refractivity contribution < 1.29 is 62.9 Å². The van der Waals surface area contributed by atoms with Gasteiger partial charge in [0.05, 0.1) is 46.0 Å². The van der Waals surface area contributed by atoms with Crippen molar-refractivity contribution in [1.82, 2.24) is 4.90 Å². The van der Waals surface area contributed by atoms with Gasteiger partial charge in [0.2, 0.25) is 0 Å². The molecule has 1 unspecified atom stereocenters. The molecule has 0 aromatic heterocycles. The number of hydrogen-bond donors (Lipinski definition) is 2. The van der Waals surface area contributed by atoms with E-state index in [1.807, 2.05) is 20.8 Å². The normalized spacial score (nSPS) is 12.6. The Labute approximate surface area is 436 Å². The first-order chi connectivity index (χ1) is 34.3. The van der Waals surface area contributed by atoms with E-state index in [4.69, 9.17) is 28.8 Å². The molecule has 1 heterocycles. The number of quaternary nitrogens is 1. The molecular formula is C57H115N2O12+. The van der Waals surface area contributed by atoms with E-state index in [-0.39, 0.29) is 44.1 Å². The van der Waals surface area contributed by atoms with Crippen molar-refractivity contribution in [2.75, 3.05) is 66.3 Å². The van der Waals surface area contributed by atoms with Crippen molar-refractivity contribution >= 4 is 36.1 Å². The summed E-state index contributed by atoms with van der Waals surface area (Å²) >= 11 is 0. The van der Waals surface area contributed by atoms with Crippen LogP contribution >= 0.6 is 0 Å². The van der Waals surface area contributed by atoms with Crippen LogP contribution in [0.5, 0.6) is 0 Å². The number of ether oxygens (including phenoxy) is 5. The van der Waals surface area contributed by atoms with Crippen molar-refractivity contribution in [3.63, 3.8) is 0 Å². The van der Waals surface area contributed by atoms with Gasteiger partial charge in [-0.25, -0.2) is 0 Å². The van der Waals surface area contributed by atoms with Crippen molar-refractivity contribution in [3.05, 3.63) is 0 Å². The summed E-state index contributed by atoms with van der Waals surface area (Å²) in [6.45, 7) is 24.6. The molecule has 0 radical (unpaired) electrons. The lowest BCUT2D eigenvalue weighted by Gasteiger charge is -2.18. The van der Waals surface area contributed by atoms with Crippen LogP contribution in [0.15, 0.2) is 0 Å². The monoisotopic (exact) mass is 1020 g/mol. The van der Waals surface area contributed by atoms with Crippen molar-refractivity contribution in [2.24, 2.45) is 5.92 Å². The first-order valence-corrected chi connectivity index (χ1v) is 28.7. The lowest BCUT2D eigenvalue weighted by molar-refractivity contribution is -0.638. The number of carboxylic acids is 1. The number of aliphatic carboxylic acids is 1. The number of hydrogen-bond acceptors (Lipinski definition) is 12. The summed E-state index contributed by atoms with van der Waals surface area (Å²) < 4.78 is 25.6. The van der Waals surface area contributed by atoms with Crippen molar-refractivity contribution in [2.45, 2.75) is 262 Å². The van der Waals surface area contributed by atoms with Gasteiger partial charge in [0.25, 0.3) is 0 Å². The average molecular weight is 1020 g/mol. The average Bonchev–Trinajstić information content (AvgIpc) is 3.88. The zero-order chi connectivity index (χ0) is 54.4. The smallest absolute Gasteiger partial charge is 0.320 e. The van der Waals surface area contributed by atoms with Crippen LogP contribution in [0.4, 0.5) is 0 Å². The maximum atomic E-state index is 11.9. The zero-order valence-electron chi connectivity index (χ0n) is 48.1. The quantitative estimate of drug-likeness (QED) is 0.0256. The van der Waals surface area contributed by atoms with Crippen LogP contribution in [-0.4, -0.2) is 119 Å². The largest absolute Gasteiger partial charge is 0.481 e. The zero-order valence-corrected chi connectivity index (χ0v) is 48.1. The van der Waals surface area contributed by atoms with Crippen molar-refractivity contribution in [3.8, 4) is 0 Å². The van der Waals surface area contributed by atoms with E-state index in [9.17, 15) is 28.8 Å². The molecule has 1 aliphatic heterocycles. The van der Waals surface area contributed by atoms with Crippen LogP contribution in [0.1, 0.15) is 255 Å². The number of carboxylic acid groups (broad SMARTS) is 1. The molecule has 0 bridgehead atoms. The standard InChI is InChI=1S/C18H32N2O5.C14H28O2.C11H22O2.C9H20O.C3H6O2.C2H6/c1-2-3-4-5-6-7-12-24-17(22)14-20(10-11-21)15-18(23)25-16-8-9-19-13-16;1-4-6-7-8-9-10-11-16-14(15)12-13(3)5-2;1-3-5-6-7-8-9-10-13-11(12)4-2;1-3-4-5-6-7-8-9-10-2;1-2-3(4)5;1-2/h11,16,19H,2-10,12-15H2,1H3;13H,4-12H2,1-3H3;3-10H2,1-2H3;3-9H2,1-2H3;2H2,1H3,(H,4,5);1-2H3/p+1/t16-;;;;;/m1...../s1. The first-order valence-electron chi connectivity index (χ1n) is 28.7. The van der Waals surface area contributed by atoms with Gasteiger partial charge in [-0.05, 0) is 31.6 Å². The molecule has 14 heteroatoms. The van der Waals surface area contributed by atoms with Gasteiger partial charge in [-0.1, -0.05) is 204 Å². The fourth-order valence-electron chi connectivity index (χ4n) is 6.58. The Kier molecular flexibility index (Phi) is 72.4. The molecule has 424 valence electrons. The van der Waals surface area contributed by atoms with Crippen LogP contribution in [0.3, 0.4) is 0 Å². The summed E-state index contributed by atoms with van der Waals surface area (Å²) in [7, 11) is 1.77. The summed E-state index contributed by atoms with van der Waals surface area (Å²) in [4.78, 5) is 67.4. The molecule has 0 saturated carbocycles. The van der Waals surface area contributed by atoms with Crippen LogP contribution in [0.2, 0.25) is 0 Å². The maximum absolute atomic E-state index is 11.9. The minimum Gasteiger partial charge on any atom is -0.481 e. The van der Waals surface area contributed by atoms with E-state index in [0.29, 0.717) is 44.9 Å². The van der Waals surface area contributed by atoms with Crippen LogP contribution in [0, 0.1) is 5.92 Å². The molecule has 1 saturated heterocycles. The van der Waals surface area contributed by atoms with Gasteiger partial charge in [-0.2, -0.15) is 0 Å². The lowest BCUT2D eigenvalue weighted by atomic mass is 10.1. The summed E-state index contributed by atoms with van der Waals surface area (Å²) in [5, 5.41) is 9.82. The molecule has 0 amide bonds. The van der Waals surface area contributed by atoms with Gasteiger partial charge in [-0.15, -0.1) is 0 Å². The third-order valence-corrected chi connectivity index (χ3v) is 11.2. The van der Waals surface area contributed by atoms with Crippen LogP contribution < -0.4 is 5.32 Å². The number of carbonyl (C=O) groups is 6. The molecule has 3 N–H and O–H groups in total. The fourth-order valence-corrected chi connectivity index (χ4v) is 6.58. The lowest BCUT2D eigenvalue weighted by Crippen LogP contribution is -2.81. The number of methoxy groups -OCH3 is 1. The molecule has 0 spiro atoms. The number of rotatable bonds is 40. The van der Waals surface area contributed by atoms with Gasteiger partial charge in [0.1, 0.15) is 12.8 Å². The van der Waals surface area contributed by atoms with E-state index in [2.05, 4.69) is 46.9 Å². The van der Waals surface area contributed by atoms with E-state index in [1.54, 1.807) is 14.0 Å². The second-order valence-electron chi connectivity index (χ2n) is 18.1. The minimum absolute atomic E-state index is 0.0119. The van der Waals surface area contributed by atoms with E-state index in [1.165, 1.54) is 127 Å². The minimum atomic E-state index is -0.745. The Balaban J connectivity index is -0.000000274. The molecule has 71 heavy (non-hydrogen) atoms. The molecule has 1 aliphatic rings. The second kappa shape index (κ2) is 66.9. The number of aldehydes is 1. The second-order valence-corrected chi connectivity index (χ2v) is 18.1. The van der Waals surface area contributed by atoms with E-state index in [0.717, 1.165) is 64.6 Å². The topological polar surface area (TPSA) is 189 Å². The summed E-state index contributed by atoms with van der Waals surface area (Å²) in [5.74, 6) is -1.19. The van der Waals surface area contributed by atoms with E-state index >= 15 is 0 Å². The number of esters is 4. The van der Waals surface area contributed by atoms with Crippen molar-refractivity contribution in [1.29, 1.82) is 0 Å². The molecule has 0 aliphatic carbocycles. The summed E-state index contributed by atoms with van der Waals surface area (Å²) in [5.41, 5.74) is 0. The third kappa shape index (κ3) is 71.2. The van der Waals surface area contributed by atoms with E-state index < -0.39 is 17.9 Å². The highest BCUT2D eigenvalue weighted by molar-refractivity contribution is 5.76. The number of carbonyl (C=O) groups excluding carboxylic acids is 5. The molecule has 1 rings (SSSR count).